The normalized spacial score (nSPS) is 10.4. The van der Waals surface area contributed by atoms with Crippen LogP contribution in [0.3, 0.4) is 0 Å². The van der Waals surface area contributed by atoms with Crippen molar-refractivity contribution in [3.05, 3.63) is 59.2 Å². The lowest BCUT2D eigenvalue weighted by Crippen LogP contribution is -2.12. The Morgan fingerprint density at radius 3 is 2.32 bits per heavy atom. The summed E-state index contributed by atoms with van der Waals surface area (Å²) in [6.07, 6.45) is 1.53. The van der Waals surface area contributed by atoms with Gasteiger partial charge in [-0.25, -0.2) is 0 Å². The summed E-state index contributed by atoms with van der Waals surface area (Å²) >= 11 is 5.90. The van der Waals surface area contributed by atoms with E-state index in [1.165, 1.54) is 20.4 Å². The van der Waals surface area contributed by atoms with Crippen molar-refractivity contribution in [3.8, 4) is 22.6 Å². The van der Waals surface area contributed by atoms with E-state index in [2.05, 4.69) is 10.5 Å². The first-order valence-corrected chi connectivity index (χ1v) is 7.73. The smallest absolute Gasteiger partial charge is 0.258 e. The molecule has 3 rings (SSSR count). The maximum atomic E-state index is 12.6. The third-order valence-corrected chi connectivity index (χ3v) is 3.82. The lowest BCUT2D eigenvalue weighted by Gasteiger charge is -2.08. The first kappa shape index (κ1) is 16.9. The highest BCUT2D eigenvalue weighted by molar-refractivity contribution is 6.30. The molecule has 0 aliphatic carbocycles. The molecule has 0 bridgehead atoms. The average Bonchev–Trinajstić information content (AvgIpc) is 3.09. The summed E-state index contributed by atoms with van der Waals surface area (Å²) in [4.78, 5) is 12.6. The molecule has 7 heteroatoms. The van der Waals surface area contributed by atoms with Gasteiger partial charge < -0.3 is 14.0 Å². The molecule has 0 atom stereocenters. The van der Waals surface area contributed by atoms with Gasteiger partial charge in [-0.2, -0.15) is 0 Å². The SMILES string of the molecule is COc1cc(OC)cc(C(=O)Nc2oncc2-c2ccc(Cl)cc2)c1. The van der Waals surface area contributed by atoms with Crippen molar-refractivity contribution in [1.82, 2.24) is 5.16 Å². The van der Waals surface area contributed by atoms with Crippen LogP contribution in [0.1, 0.15) is 10.4 Å². The van der Waals surface area contributed by atoms with E-state index in [1.807, 2.05) is 12.1 Å². The zero-order valence-electron chi connectivity index (χ0n) is 13.6. The lowest BCUT2D eigenvalue weighted by atomic mass is 10.1. The average molecular weight is 359 g/mol. The summed E-state index contributed by atoms with van der Waals surface area (Å²) < 4.78 is 15.5. The van der Waals surface area contributed by atoms with Gasteiger partial charge in [-0.3, -0.25) is 10.1 Å². The van der Waals surface area contributed by atoms with Crippen molar-refractivity contribution in [2.24, 2.45) is 0 Å². The molecule has 1 aromatic heterocycles. The van der Waals surface area contributed by atoms with Gasteiger partial charge in [0.15, 0.2) is 0 Å². The fourth-order valence-corrected chi connectivity index (χ4v) is 2.40. The zero-order chi connectivity index (χ0) is 17.8. The van der Waals surface area contributed by atoms with E-state index in [-0.39, 0.29) is 11.8 Å². The number of nitrogens with one attached hydrogen (secondary N) is 1. The molecule has 0 saturated carbocycles. The zero-order valence-corrected chi connectivity index (χ0v) is 14.3. The van der Waals surface area contributed by atoms with Crippen LogP contribution in [0.15, 0.2) is 53.2 Å². The number of methoxy groups -OCH3 is 2. The second-order valence-corrected chi connectivity index (χ2v) is 5.57. The molecule has 0 aliphatic rings. The summed E-state index contributed by atoms with van der Waals surface area (Å²) in [5.41, 5.74) is 1.85. The standard InChI is InChI=1S/C18H15ClN2O4/c1-23-14-7-12(8-15(9-14)24-2)17(22)21-18-16(10-20-25-18)11-3-5-13(19)6-4-11/h3-10H,1-2H3,(H,21,22). The van der Waals surface area contributed by atoms with Crippen LogP contribution in [0, 0.1) is 0 Å². The molecule has 3 aromatic rings. The molecule has 1 heterocycles. The van der Waals surface area contributed by atoms with E-state index in [9.17, 15) is 4.79 Å². The summed E-state index contributed by atoms with van der Waals surface area (Å²) in [6, 6.07) is 12.0. The molecule has 2 aromatic carbocycles. The first-order chi connectivity index (χ1) is 12.1. The van der Waals surface area contributed by atoms with Gasteiger partial charge in [0.25, 0.3) is 5.91 Å². The maximum Gasteiger partial charge on any atom is 0.258 e. The Hall–Kier alpha value is -2.99. The first-order valence-electron chi connectivity index (χ1n) is 7.35. The molecule has 0 aliphatic heterocycles. The van der Waals surface area contributed by atoms with E-state index < -0.39 is 0 Å². The van der Waals surface area contributed by atoms with E-state index in [4.69, 9.17) is 25.6 Å². The number of hydrogen-bond acceptors (Lipinski definition) is 5. The minimum Gasteiger partial charge on any atom is -0.497 e. The number of amides is 1. The minimum absolute atomic E-state index is 0.245. The van der Waals surface area contributed by atoms with Crippen LogP contribution in [0.2, 0.25) is 5.02 Å². The number of carbonyl (C=O) groups excluding carboxylic acids is 1. The van der Waals surface area contributed by atoms with Gasteiger partial charge in [0, 0.05) is 16.7 Å². The van der Waals surface area contributed by atoms with Crippen LogP contribution in [0.25, 0.3) is 11.1 Å². The molecule has 1 amide bonds. The Bertz CT molecular complexity index is 868. The molecule has 1 N–H and O–H groups in total. The predicted octanol–water partition coefficient (Wildman–Crippen LogP) is 4.26. The molecule has 0 radical (unpaired) electrons. The highest BCUT2D eigenvalue weighted by Crippen LogP contribution is 2.30. The van der Waals surface area contributed by atoms with Crippen LogP contribution < -0.4 is 14.8 Å². The van der Waals surface area contributed by atoms with Crippen LogP contribution in [0.4, 0.5) is 5.88 Å². The molecule has 128 valence electrons. The van der Waals surface area contributed by atoms with E-state index in [1.54, 1.807) is 30.3 Å². The lowest BCUT2D eigenvalue weighted by molar-refractivity contribution is 0.102. The maximum absolute atomic E-state index is 12.6. The van der Waals surface area contributed by atoms with Crippen molar-refractivity contribution in [2.75, 3.05) is 19.5 Å². The van der Waals surface area contributed by atoms with Crippen molar-refractivity contribution in [2.45, 2.75) is 0 Å². The third-order valence-electron chi connectivity index (χ3n) is 3.57. The number of aromatic nitrogens is 1. The Balaban J connectivity index is 1.87. The Morgan fingerprint density at radius 1 is 1.08 bits per heavy atom. The summed E-state index contributed by atoms with van der Waals surface area (Å²) in [5, 5.41) is 7.09. The van der Waals surface area contributed by atoms with Gasteiger partial charge in [-0.05, 0) is 29.8 Å². The van der Waals surface area contributed by atoms with Crippen molar-refractivity contribution < 1.29 is 18.8 Å². The van der Waals surface area contributed by atoms with Gasteiger partial charge >= 0.3 is 0 Å². The van der Waals surface area contributed by atoms with Gasteiger partial charge in [0.1, 0.15) is 11.5 Å². The fourth-order valence-electron chi connectivity index (χ4n) is 2.28. The number of nitrogens with zero attached hydrogens (tertiary/aromatic N) is 1. The second-order valence-electron chi connectivity index (χ2n) is 5.13. The van der Waals surface area contributed by atoms with E-state index >= 15 is 0 Å². The predicted molar refractivity (Wildman–Crippen MR) is 94.4 cm³/mol. The highest BCUT2D eigenvalue weighted by Gasteiger charge is 2.16. The number of halogens is 1. The van der Waals surface area contributed by atoms with Gasteiger partial charge in [0.2, 0.25) is 5.88 Å². The van der Waals surface area contributed by atoms with Gasteiger partial charge in [-0.15, -0.1) is 0 Å². The summed E-state index contributed by atoms with van der Waals surface area (Å²) in [6.45, 7) is 0. The van der Waals surface area contributed by atoms with E-state index in [0.717, 1.165) is 5.56 Å². The van der Waals surface area contributed by atoms with Gasteiger partial charge in [-0.1, -0.05) is 28.9 Å². The number of carbonyl (C=O) groups is 1. The number of benzene rings is 2. The Morgan fingerprint density at radius 2 is 1.72 bits per heavy atom. The van der Waals surface area contributed by atoms with Crippen molar-refractivity contribution >= 4 is 23.4 Å². The van der Waals surface area contributed by atoms with Crippen LogP contribution >= 0.6 is 11.6 Å². The number of hydrogen-bond donors (Lipinski definition) is 1. The number of ether oxygens (including phenoxy) is 2. The highest BCUT2D eigenvalue weighted by atomic mass is 35.5. The molecule has 0 spiro atoms. The number of rotatable bonds is 5. The van der Waals surface area contributed by atoms with Crippen LogP contribution in [0.5, 0.6) is 11.5 Å². The molecule has 6 nitrogen and oxygen atoms in total. The largest absolute Gasteiger partial charge is 0.497 e. The van der Waals surface area contributed by atoms with Gasteiger partial charge in [0.05, 0.1) is 26.0 Å². The topological polar surface area (TPSA) is 73.6 Å². The monoisotopic (exact) mass is 358 g/mol. The van der Waals surface area contributed by atoms with Crippen molar-refractivity contribution in [1.29, 1.82) is 0 Å². The Labute approximate surface area is 149 Å². The molecule has 25 heavy (non-hydrogen) atoms. The molecule has 0 fully saturated rings. The van der Waals surface area contributed by atoms with E-state index in [0.29, 0.717) is 27.6 Å². The van der Waals surface area contributed by atoms with Crippen LogP contribution in [-0.4, -0.2) is 25.3 Å². The molecular weight excluding hydrogens is 344 g/mol. The quantitative estimate of drug-likeness (QED) is 0.737. The number of anilines is 1. The fraction of sp³-hybridized carbons (Fsp3) is 0.111. The van der Waals surface area contributed by atoms with Crippen molar-refractivity contribution in [3.63, 3.8) is 0 Å². The molecule has 0 unspecified atom stereocenters. The summed E-state index contributed by atoms with van der Waals surface area (Å²) in [7, 11) is 3.04. The molecule has 0 saturated heterocycles. The third kappa shape index (κ3) is 3.75. The Kier molecular flexibility index (Phi) is 4.90. The minimum atomic E-state index is -0.371. The molecular formula is C18H15ClN2O4. The second kappa shape index (κ2) is 7.27. The summed E-state index contributed by atoms with van der Waals surface area (Å²) in [5.74, 6) is 0.901. The van der Waals surface area contributed by atoms with Crippen LogP contribution in [-0.2, 0) is 0 Å².